The fraction of sp³-hybridized carbons (Fsp3) is 0.267. The number of hydrazine groups is 1. The molecule has 3 N–H and O–H groups in total. The van der Waals surface area contributed by atoms with E-state index < -0.39 is 12.0 Å². The Morgan fingerprint density at radius 2 is 2.00 bits per heavy atom. The number of carboxylic acid groups (broad SMARTS) is 1. The molecule has 3 unspecified atom stereocenters. The first-order valence-electron chi connectivity index (χ1n) is 6.67. The van der Waals surface area contributed by atoms with Gasteiger partial charge in [0, 0.05) is 15.8 Å². The van der Waals surface area contributed by atoms with Crippen LogP contribution in [0.2, 0.25) is 5.02 Å². The average Bonchev–Trinajstić information content (AvgIpc) is 3.10. The lowest BCUT2D eigenvalue weighted by atomic mass is 9.86. The molecule has 2 aromatic rings. The van der Waals surface area contributed by atoms with E-state index >= 15 is 0 Å². The summed E-state index contributed by atoms with van der Waals surface area (Å²) < 4.78 is 0. The van der Waals surface area contributed by atoms with Crippen LogP contribution in [0.4, 0.5) is 0 Å². The third kappa shape index (κ3) is 3.11. The van der Waals surface area contributed by atoms with Crippen molar-refractivity contribution >= 4 is 28.9 Å². The number of nitrogens with one attached hydrogen (secondary N) is 2. The maximum atomic E-state index is 11.5. The largest absolute Gasteiger partial charge is 0.480 e. The van der Waals surface area contributed by atoms with Gasteiger partial charge in [-0.3, -0.25) is 4.79 Å². The summed E-state index contributed by atoms with van der Waals surface area (Å²) in [6.07, 6.45) is 0.724. The SMILES string of the molecule is O=C(O)C1NNC(c2ccc(Cl)cc2)C1Cc1cccs1. The van der Waals surface area contributed by atoms with E-state index in [1.165, 1.54) is 4.88 Å². The topological polar surface area (TPSA) is 61.4 Å². The lowest BCUT2D eigenvalue weighted by Gasteiger charge is -2.20. The van der Waals surface area contributed by atoms with Crippen molar-refractivity contribution in [1.29, 1.82) is 0 Å². The normalized spacial score (nSPS) is 25.1. The van der Waals surface area contributed by atoms with Crippen molar-refractivity contribution in [1.82, 2.24) is 10.9 Å². The number of hydrogen-bond donors (Lipinski definition) is 3. The van der Waals surface area contributed by atoms with E-state index in [-0.39, 0.29) is 12.0 Å². The molecule has 3 atom stereocenters. The Balaban J connectivity index is 1.87. The number of rotatable bonds is 4. The maximum Gasteiger partial charge on any atom is 0.322 e. The van der Waals surface area contributed by atoms with Gasteiger partial charge in [-0.05, 0) is 35.6 Å². The van der Waals surface area contributed by atoms with E-state index in [4.69, 9.17) is 11.6 Å². The molecule has 4 nitrogen and oxygen atoms in total. The van der Waals surface area contributed by atoms with E-state index in [2.05, 4.69) is 10.9 Å². The first-order chi connectivity index (χ1) is 10.1. The molecule has 0 saturated carbocycles. The minimum Gasteiger partial charge on any atom is -0.480 e. The number of benzene rings is 1. The predicted molar refractivity (Wildman–Crippen MR) is 83.4 cm³/mol. The summed E-state index contributed by atoms with van der Waals surface area (Å²) in [6, 6.07) is 10.9. The van der Waals surface area contributed by atoms with E-state index in [1.807, 2.05) is 41.8 Å². The number of carboxylic acids is 1. The molecule has 0 amide bonds. The minimum absolute atomic E-state index is 0.0505. The molecule has 1 aliphatic heterocycles. The quantitative estimate of drug-likeness (QED) is 0.810. The van der Waals surface area contributed by atoms with Crippen LogP contribution in [0.15, 0.2) is 41.8 Å². The van der Waals surface area contributed by atoms with Crippen LogP contribution in [-0.2, 0) is 11.2 Å². The molecule has 1 saturated heterocycles. The van der Waals surface area contributed by atoms with Crippen LogP contribution in [0.25, 0.3) is 0 Å². The molecule has 0 spiro atoms. The van der Waals surface area contributed by atoms with Crippen molar-refractivity contribution in [2.24, 2.45) is 5.92 Å². The first-order valence-corrected chi connectivity index (χ1v) is 7.92. The standard InChI is InChI=1S/C15H15ClN2O2S/c16-10-5-3-9(4-6-10)13-12(8-11-2-1-7-21-11)14(15(19)20)18-17-13/h1-7,12-14,17-18H,8H2,(H,19,20). The Labute approximate surface area is 131 Å². The monoisotopic (exact) mass is 322 g/mol. The summed E-state index contributed by atoms with van der Waals surface area (Å²) >= 11 is 7.57. The van der Waals surface area contributed by atoms with Gasteiger partial charge >= 0.3 is 5.97 Å². The number of aliphatic carboxylic acids is 1. The van der Waals surface area contributed by atoms with Crippen LogP contribution < -0.4 is 10.9 Å². The highest BCUT2D eigenvalue weighted by Crippen LogP contribution is 2.33. The third-order valence-corrected chi connectivity index (χ3v) is 4.91. The van der Waals surface area contributed by atoms with Gasteiger partial charge in [-0.1, -0.05) is 29.8 Å². The molecule has 2 heterocycles. The van der Waals surface area contributed by atoms with Crippen LogP contribution >= 0.6 is 22.9 Å². The van der Waals surface area contributed by atoms with Gasteiger partial charge in [0.05, 0.1) is 6.04 Å². The van der Waals surface area contributed by atoms with E-state index in [0.29, 0.717) is 5.02 Å². The molecule has 1 aliphatic rings. The third-order valence-electron chi connectivity index (χ3n) is 3.76. The summed E-state index contributed by atoms with van der Waals surface area (Å²) in [7, 11) is 0. The van der Waals surface area contributed by atoms with Gasteiger partial charge in [0.2, 0.25) is 0 Å². The molecule has 0 aliphatic carbocycles. The van der Waals surface area contributed by atoms with Crippen LogP contribution in [0, 0.1) is 5.92 Å². The highest BCUT2D eigenvalue weighted by Gasteiger charge is 2.40. The molecular weight excluding hydrogens is 308 g/mol. The van der Waals surface area contributed by atoms with Gasteiger partial charge < -0.3 is 5.11 Å². The highest BCUT2D eigenvalue weighted by molar-refractivity contribution is 7.09. The Morgan fingerprint density at radius 1 is 1.24 bits per heavy atom. The highest BCUT2D eigenvalue weighted by atomic mass is 35.5. The zero-order chi connectivity index (χ0) is 14.8. The minimum atomic E-state index is -0.833. The molecule has 0 radical (unpaired) electrons. The molecule has 1 fully saturated rings. The zero-order valence-electron chi connectivity index (χ0n) is 11.1. The molecule has 1 aromatic heterocycles. The second kappa shape index (κ2) is 6.15. The Hall–Kier alpha value is -1.40. The Morgan fingerprint density at radius 3 is 2.62 bits per heavy atom. The van der Waals surface area contributed by atoms with E-state index in [9.17, 15) is 9.90 Å². The van der Waals surface area contributed by atoms with Crippen LogP contribution in [-0.4, -0.2) is 17.1 Å². The fourth-order valence-electron chi connectivity index (χ4n) is 2.73. The number of hydrogen-bond acceptors (Lipinski definition) is 4. The van der Waals surface area contributed by atoms with E-state index in [1.54, 1.807) is 11.3 Å². The van der Waals surface area contributed by atoms with Gasteiger partial charge in [-0.2, -0.15) is 0 Å². The van der Waals surface area contributed by atoms with Crippen molar-refractivity contribution in [3.63, 3.8) is 0 Å². The van der Waals surface area contributed by atoms with Crippen molar-refractivity contribution < 1.29 is 9.90 Å². The van der Waals surface area contributed by atoms with Crippen molar-refractivity contribution in [3.8, 4) is 0 Å². The smallest absolute Gasteiger partial charge is 0.322 e. The number of halogens is 1. The van der Waals surface area contributed by atoms with Crippen molar-refractivity contribution in [3.05, 3.63) is 57.2 Å². The second-order valence-corrected chi connectivity index (χ2v) is 6.55. The zero-order valence-corrected chi connectivity index (χ0v) is 12.7. The summed E-state index contributed by atoms with van der Waals surface area (Å²) in [4.78, 5) is 12.6. The predicted octanol–water partition coefficient (Wildman–Crippen LogP) is 2.86. The summed E-state index contributed by atoms with van der Waals surface area (Å²) in [5.41, 5.74) is 7.06. The van der Waals surface area contributed by atoms with Crippen molar-refractivity contribution in [2.45, 2.75) is 18.5 Å². The molecule has 110 valence electrons. The van der Waals surface area contributed by atoms with Gasteiger partial charge in [0.15, 0.2) is 0 Å². The van der Waals surface area contributed by atoms with Crippen LogP contribution in [0.1, 0.15) is 16.5 Å². The van der Waals surface area contributed by atoms with Crippen LogP contribution in [0.3, 0.4) is 0 Å². The molecule has 0 bridgehead atoms. The summed E-state index contributed by atoms with van der Waals surface area (Å²) in [6.45, 7) is 0. The molecule has 21 heavy (non-hydrogen) atoms. The van der Waals surface area contributed by atoms with Gasteiger partial charge in [0.1, 0.15) is 6.04 Å². The van der Waals surface area contributed by atoms with Gasteiger partial charge in [-0.25, -0.2) is 10.9 Å². The average molecular weight is 323 g/mol. The van der Waals surface area contributed by atoms with E-state index in [0.717, 1.165) is 12.0 Å². The molecule has 1 aromatic carbocycles. The lowest BCUT2D eigenvalue weighted by molar-refractivity contribution is -0.140. The number of carbonyl (C=O) groups is 1. The second-order valence-electron chi connectivity index (χ2n) is 5.08. The summed E-state index contributed by atoms with van der Waals surface area (Å²) in [5, 5.41) is 12.1. The van der Waals surface area contributed by atoms with Gasteiger partial charge in [0.25, 0.3) is 0 Å². The maximum absolute atomic E-state index is 11.5. The summed E-state index contributed by atoms with van der Waals surface area (Å²) in [5.74, 6) is -0.886. The lowest BCUT2D eigenvalue weighted by Crippen LogP contribution is -2.38. The number of thiophene rings is 1. The molecular formula is C15H15ClN2O2S. The fourth-order valence-corrected chi connectivity index (χ4v) is 3.63. The molecule has 6 heteroatoms. The van der Waals surface area contributed by atoms with Crippen molar-refractivity contribution in [2.75, 3.05) is 0 Å². The Kier molecular flexibility index (Phi) is 4.26. The first kappa shape index (κ1) is 14.5. The van der Waals surface area contributed by atoms with Gasteiger partial charge in [-0.15, -0.1) is 11.3 Å². The molecule has 3 rings (SSSR count). The van der Waals surface area contributed by atoms with Crippen LogP contribution in [0.5, 0.6) is 0 Å². The Bertz CT molecular complexity index is 615.